The molecule has 0 saturated heterocycles. The van der Waals surface area contributed by atoms with Gasteiger partial charge in [0.2, 0.25) is 5.91 Å². The van der Waals surface area contributed by atoms with Gasteiger partial charge in [-0.1, -0.05) is 29.8 Å². The molecule has 0 aliphatic heterocycles. The number of likely N-dealkylation sites (N-methyl/N-ethyl adjacent to an activating group) is 1. The van der Waals surface area contributed by atoms with Crippen LogP contribution in [0.4, 0.5) is 5.13 Å². The lowest BCUT2D eigenvalue weighted by molar-refractivity contribution is -0.138. The fourth-order valence-corrected chi connectivity index (χ4v) is 3.02. The number of hydrogen-bond acceptors (Lipinski definition) is 5. The van der Waals surface area contributed by atoms with E-state index >= 15 is 0 Å². The van der Waals surface area contributed by atoms with Gasteiger partial charge in [-0.25, -0.2) is 4.98 Å². The van der Waals surface area contributed by atoms with Crippen molar-refractivity contribution in [3.05, 3.63) is 46.5 Å². The van der Waals surface area contributed by atoms with Crippen LogP contribution in [0.15, 0.2) is 30.5 Å². The largest absolute Gasteiger partial charge is 0.480 e. The lowest BCUT2D eigenvalue weighted by Gasteiger charge is -2.12. The summed E-state index contributed by atoms with van der Waals surface area (Å²) in [4.78, 5) is 29.1. The normalized spacial score (nSPS) is 10.7. The first-order valence-corrected chi connectivity index (χ1v) is 7.94. The van der Waals surface area contributed by atoms with Crippen molar-refractivity contribution >= 4 is 28.3 Å². The van der Waals surface area contributed by atoms with Gasteiger partial charge >= 0.3 is 5.97 Å². The number of anilines is 1. The summed E-state index contributed by atoms with van der Waals surface area (Å²) in [6.45, 7) is 1.89. The molecule has 0 spiro atoms. The lowest BCUT2D eigenvalue weighted by atomic mass is 10.1. The van der Waals surface area contributed by atoms with Crippen LogP contribution in [0, 0.1) is 6.92 Å². The minimum atomic E-state index is -0.963. The fraction of sp³-hybridized carbons (Fsp3) is 0.312. The molecule has 2 rings (SSSR count). The van der Waals surface area contributed by atoms with E-state index in [0.717, 1.165) is 11.3 Å². The number of benzene rings is 1. The molecule has 0 radical (unpaired) electrons. The molecule has 122 valence electrons. The van der Waals surface area contributed by atoms with Crippen molar-refractivity contribution in [1.29, 1.82) is 0 Å². The highest BCUT2D eigenvalue weighted by molar-refractivity contribution is 7.15. The summed E-state index contributed by atoms with van der Waals surface area (Å²) >= 11 is 1.42. The molecular formula is C16H19N3O3S. The molecule has 0 fully saturated rings. The Morgan fingerprint density at radius 2 is 2.13 bits per heavy atom. The summed E-state index contributed by atoms with van der Waals surface area (Å²) in [7, 11) is 1.58. The number of carbonyl (C=O) groups excluding carboxylic acids is 1. The molecular weight excluding hydrogens is 314 g/mol. The zero-order chi connectivity index (χ0) is 16.8. The third-order valence-corrected chi connectivity index (χ3v) is 3.99. The van der Waals surface area contributed by atoms with Gasteiger partial charge in [0, 0.05) is 17.5 Å². The number of carbonyl (C=O) groups is 2. The number of aliphatic carboxylic acids is 1. The molecule has 2 aromatic rings. The third kappa shape index (κ3) is 5.80. The Balaban J connectivity index is 1.89. The molecule has 23 heavy (non-hydrogen) atoms. The molecule has 0 aliphatic rings. The average molecular weight is 333 g/mol. The van der Waals surface area contributed by atoms with Crippen LogP contribution in [0.3, 0.4) is 0 Å². The number of hydrogen-bond donors (Lipinski definition) is 2. The van der Waals surface area contributed by atoms with Gasteiger partial charge in [0.05, 0.1) is 13.1 Å². The van der Waals surface area contributed by atoms with Gasteiger partial charge in [-0.2, -0.15) is 0 Å². The summed E-state index contributed by atoms with van der Waals surface area (Å²) in [5.41, 5.74) is 2.41. The Labute approximate surface area is 138 Å². The third-order valence-electron chi connectivity index (χ3n) is 3.08. The van der Waals surface area contributed by atoms with Gasteiger partial charge < -0.3 is 10.4 Å². The van der Waals surface area contributed by atoms with Gasteiger partial charge in [0.25, 0.3) is 0 Å². The number of thiazole rings is 1. The van der Waals surface area contributed by atoms with E-state index in [1.165, 1.54) is 27.4 Å². The maximum absolute atomic E-state index is 11.8. The first-order valence-electron chi connectivity index (χ1n) is 7.13. The minimum absolute atomic E-state index is 0.0130. The SMILES string of the molecule is Cc1cccc(Cc2cnc(NC(=O)CN(C)CC(=O)O)s2)c1. The first-order chi connectivity index (χ1) is 10.9. The lowest BCUT2D eigenvalue weighted by Crippen LogP contribution is -2.33. The molecule has 0 unspecified atom stereocenters. The van der Waals surface area contributed by atoms with Crippen LogP contribution in [0.1, 0.15) is 16.0 Å². The number of amides is 1. The van der Waals surface area contributed by atoms with Crippen LogP contribution in [-0.4, -0.2) is 47.0 Å². The maximum atomic E-state index is 11.8. The Bertz CT molecular complexity index is 699. The van der Waals surface area contributed by atoms with Crippen LogP contribution >= 0.6 is 11.3 Å². The Morgan fingerprint density at radius 1 is 1.35 bits per heavy atom. The first kappa shape index (κ1) is 17.1. The van der Waals surface area contributed by atoms with Gasteiger partial charge in [0.1, 0.15) is 0 Å². The van der Waals surface area contributed by atoms with Gasteiger partial charge in [-0.3, -0.25) is 14.5 Å². The Morgan fingerprint density at radius 3 is 2.83 bits per heavy atom. The van der Waals surface area contributed by atoms with E-state index in [1.807, 2.05) is 6.07 Å². The summed E-state index contributed by atoms with van der Waals surface area (Å²) in [5.74, 6) is -1.24. The molecule has 1 aromatic carbocycles. The van der Waals surface area contributed by atoms with Crippen molar-refractivity contribution in [1.82, 2.24) is 9.88 Å². The predicted molar refractivity (Wildman–Crippen MR) is 89.9 cm³/mol. The van der Waals surface area contributed by atoms with E-state index in [4.69, 9.17) is 5.11 Å². The van der Waals surface area contributed by atoms with Crippen molar-refractivity contribution in [3.8, 4) is 0 Å². The number of aromatic nitrogens is 1. The summed E-state index contributed by atoms with van der Waals surface area (Å²) in [6.07, 6.45) is 2.53. The van der Waals surface area contributed by atoms with Gasteiger partial charge in [-0.05, 0) is 19.5 Å². The highest BCUT2D eigenvalue weighted by atomic mass is 32.1. The van der Waals surface area contributed by atoms with Crippen LogP contribution in [0.25, 0.3) is 0 Å². The smallest absolute Gasteiger partial charge is 0.317 e. The van der Waals surface area contributed by atoms with E-state index < -0.39 is 5.97 Å². The van der Waals surface area contributed by atoms with E-state index in [2.05, 4.69) is 35.4 Å². The van der Waals surface area contributed by atoms with Crippen molar-refractivity contribution in [2.75, 3.05) is 25.5 Å². The second kappa shape index (κ2) is 7.85. The van der Waals surface area contributed by atoms with Crippen molar-refractivity contribution < 1.29 is 14.7 Å². The molecule has 0 bridgehead atoms. The molecule has 0 atom stereocenters. The molecule has 6 nitrogen and oxygen atoms in total. The van der Waals surface area contributed by atoms with Crippen LogP contribution in [-0.2, 0) is 16.0 Å². The van der Waals surface area contributed by atoms with E-state index in [1.54, 1.807) is 13.2 Å². The van der Waals surface area contributed by atoms with E-state index in [9.17, 15) is 9.59 Å². The minimum Gasteiger partial charge on any atom is -0.480 e. The highest BCUT2D eigenvalue weighted by Gasteiger charge is 2.11. The number of carboxylic acids is 1. The molecule has 2 N–H and O–H groups in total. The Kier molecular flexibility index (Phi) is 5.84. The van der Waals surface area contributed by atoms with E-state index in [0.29, 0.717) is 5.13 Å². The molecule has 1 heterocycles. The van der Waals surface area contributed by atoms with E-state index in [-0.39, 0.29) is 19.0 Å². The van der Waals surface area contributed by atoms with Crippen molar-refractivity contribution in [2.24, 2.45) is 0 Å². The number of aryl methyl sites for hydroxylation is 1. The number of nitrogens with one attached hydrogen (secondary N) is 1. The summed E-state index contributed by atoms with van der Waals surface area (Å²) in [5, 5.41) is 11.9. The van der Waals surface area contributed by atoms with Crippen LogP contribution in [0.2, 0.25) is 0 Å². The predicted octanol–water partition coefficient (Wildman–Crippen LogP) is 2.00. The second-order valence-corrected chi connectivity index (χ2v) is 6.53. The quantitative estimate of drug-likeness (QED) is 0.810. The monoisotopic (exact) mass is 333 g/mol. The zero-order valence-electron chi connectivity index (χ0n) is 13.1. The number of rotatable bonds is 7. The second-order valence-electron chi connectivity index (χ2n) is 5.41. The molecule has 7 heteroatoms. The average Bonchev–Trinajstić information content (AvgIpc) is 2.84. The molecule has 1 amide bonds. The van der Waals surface area contributed by atoms with Crippen LogP contribution < -0.4 is 5.32 Å². The zero-order valence-corrected chi connectivity index (χ0v) is 13.9. The van der Waals surface area contributed by atoms with Gasteiger partial charge in [-0.15, -0.1) is 11.3 Å². The van der Waals surface area contributed by atoms with Gasteiger partial charge in [0.15, 0.2) is 5.13 Å². The maximum Gasteiger partial charge on any atom is 0.317 e. The van der Waals surface area contributed by atoms with Crippen molar-refractivity contribution in [2.45, 2.75) is 13.3 Å². The van der Waals surface area contributed by atoms with Crippen LogP contribution in [0.5, 0.6) is 0 Å². The highest BCUT2D eigenvalue weighted by Crippen LogP contribution is 2.21. The topological polar surface area (TPSA) is 82.5 Å². The van der Waals surface area contributed by atoms with Crippen molar-refractivity contribution in [3.63, 3.8) is 0 Å². The molecule has 1 aromatic heterocycles. The molecule has 0 saturated carbocycles. The summed E-state index contributed by atoms with van der Waals surface area (Å²) in [6, 6.07) is 8.26. The fourth-order valence-electron chi connectivity index (χ4n) is 2.16. The summed E-state index contributed by atoms with van der Waals surface area (Å²) < 4.78 is 0. The standard InChI is InChI=1S/C16H19N3O3S/c1-11-4-3-5-12(6-11)7-13-8-17-16(23-13)18-14(20)9-19(2)10-15(21)22/h3-6,8H,7,9-10H2,1-2H3,(H,21,22)(H,17,18,20). The number of carboxylic acid groups (broad SMARTS) is 1. The molecule has 0 aliphatic carbocycles. The number of nitrogens with zero attached hydrogens (tertiary/aromatic N) is 2. The Hall–Kier alpha value is -2.25.